The number of primary amides is 1. The molecule has 0 bridgehead atoms. The normalized spacial score (nSPS) is 20.5. The lowest BCUT2D eigenvalue weighted by Crippen LogP contribution is -2.80. The van der Waals surface area contributed by atoms with Gasteiger partial charge in [0.15, 0.2) is 0 Å². The molecule has 4 rings (SSSR count). The maximum Gasteiger partial charge on any atom is 0.404 e. The number of methoxy groups -OCH3 is 2. The van der Waals surface area contributed by atoms with E-state index in [4.69, 9.17) is 24.7 Å². The Morgan fingerprint density at radius 2 is 1.89 bits per heavy atom. The molecule has 0 aliphatic carbocycles. The Labute approximate surface area is 220 Å². The molecule has 2 atom stereocenters. The zero-order valence-electron chi connectivity index (χ0n) is 20.1. The summed E-state index contributed by atoms with van der Waals surface area (Å²) in [6.45, 7) is -0.361. The fourth-order valence-corrected chi connectivity index (χ4v) is 6.09. The van der Waals surface area contributed by atoms with Gasteiger partial charge in [0.25, 0.3) is 11.6 Å². The number of rotatable bonds is 10. The number of esters is 1. The summed E-state index contributed by atoms with van der Waals surface area (Å²) in [4.78, 5) is 52.6. The van der Waals surface area contributed by atoms with Gasteiger partial charge in [0, 0.05) is 23.3 Å². The fourth-order valence-electron chi connectivity index (χ4n) is 3.96. The largest absolute Gasteiger partial charge is 0.497 e. The van der Waals surface area contributed by atoms with E-state index in [0.29, 0.717) is 16.9 Å². The van der Waals surface area contributed by atoms with Crippen molar-refractivity contribution in [3.8, 4) is 5.75 Å². The lowest BCUT2D eigenvalue weighted by molar-refractivity contribution is -0.193. The van der Waals surface area contributed by atoms with Crippen LogP contribution in [0.3, 0.4) is 0 Å². The smallest absolute Gasteiger partial charge is 0.404 e. The predicted molar refractivity (Wildman–Crippen MR) is 134 cm³/mol. The van der Waals surface area contributed by atoms with E-state index in [2.05, 4.69) is 5.32 Å². The number of amides is 3. The topological polar surface area (TPSA) is 146 Å². The molecule has 2 aromatic rings. The highest BCUT2D eigenvalue weighted by Gasteiger charge is 2.66. The van der Waals surface area contributed by atoms with E-state index < -0.39 is 35.0 Å². The standard InChI is InChI=1S/C24H25N3O8S2/c1-32-16-7-5-14(6-8-16)11-34-20(29)19-15(12-35-23(25)31)13-37-22-24(33-2,21(30)27(19)22)26-18(28)10-17-4-3-9-36-17/h3-9,22H,10-13H2,1-2H3,(H2,25,31)(H,26,28). The number of fused-ring (bicyclic) bond motifs is 1. The van der Waals surface area contributed by atoms with Crippen molar-refractivity contribution in [3.63, 3.8) is 0 Å². The lowest BCUT2D eigenvalue weighted by Gasteiger charge is -2.55. The Hall–Kier alpha value is -3.55. The second-order valence-corrected chi connectivity index (χ2v) is 10.2. The average molecular weight is 548 g/mol. The number of nitrogens with two attached hydrogens (primary N) is 1. The Balaban J connectivity index is 1.54. The number of hydrogen-bond donors (Lipinski definition) is 2. The molecule has 3 heterocycles. The monoisotopic (exact) mass is 547 g/mol. The predicted octanol–water partition coefficient (Wildman–Crippen LogP) is 1.77. The van der Waals surface area contributed by atoms with Crippen molar-refractivity contribution in [2.45, 2.75) is 24.1 Å². The first-order valence-corrected chi connectivity index (χ1v) is 13.0. The molecule has 1 saturated heterocycles. The van der Waals surface area contributed by atoms with Crippen LogP contribution in [0, 0.1) is 0 Å². The highest BCUT2D eigenvalue weighted by atomic mass is 32.2. The van der Waals surface area contributed by atoms with Crippen molar-refractivity contribution < 1.29 is 38.1 Å². The maximum absolute atomic E-state index is 13.4. The minimum atomic E-state index is -1.66. The number of carbonyl (C=O) groups is 4. The van der Waals surface area contributed by atoms with E-state index >= 15 is 0 Å². The van der Waals surface area contributed by atoms with Crippen molar-refractivity contribution in [1.82, 2.24) is 10.2 Å². The van der Waals surface area contributed by atoms with Crippen LogP contribution < -0.4 is 15.8 Å². The third kappa shape index (κ3) is 5.43. The molecule has 1 fully saturated rings. The number of nitrogens with zero attached hydrogens (tertiary/aromatic N) is 1. The zero-order chi connectivity index (χ0) is 26.6. The minimum absolute atomic E-state index is 0.0660. The highest BCUT2D eigenvalue weighted by Crippen LogP contribution is 2.47. The van der Waals surface area contributed by atoms with Gasteiger partial charge in [-0.15, -0.1) is 23.1 Å². The molecule has 11 nitrogen and oxygen atoms in total. The van der Waals surface area contributed by atoms with Gasteiger partial charge in [-0.3, -0.25) is 14.5 Å². The third-order valence-electron chi connectivity index (χ3n) is 5.78. The molecule has 1 aromatic carbocycles. The van der Waals surface area contributed by atoms with Gasteiger partial charge in [-0.1, -0.05) is 18.2 Å². The molecule has 3 amide bonds. The van der Waals surface area contributed by atoms with Crippen LogP contribution >= 0.6 is 23.1 Å². The molecule has 13 heteroatoms. The van der Waals surface area contributed by atoms with Gasteiger partial charge >= 0.3 is 12.1 Å². The van der Waals surface area contributed by atoms with Crippen molar-refractivity contribution >= 4 is 47.0 Å². The summed E-state index contributed by atoms with van der Waals surface area (Å²) in [5, 5.41) is 3.82. The van der Waals surface area contributed by atoms with E-state index in [1.54, 1.807) is 31.4 Å². The van der Waals surface area contributed by atoms with Crippen LogP contribution in [0.25, 0.3) is 0 Å². The van der Waals surface area contributed by atoms with E-state index in [9.17, 15) is 19.2 Å². The van der Waals surface area contributed by atoms with Crippen LogP contribution in [0.5, 0.6) is 5.75 Å². The van der Waals surface area contributed by atoms with Crippen LogP contribution in [0.1, 0.15) is 10.4 Å². The van der Waals surface area contributed by atoms with Gasteiger partial charge in [-0.2, -0.15) is 0 Å². The molecule has 3 N–H and O–H groups in total. The number of hydrogen-bond acceptors (Lipinski definition) is 10. The summed E-state index contributed by atoms with van der Waals surface area (Å²) in [6, 6.07) is 10.6. The molecule has 1 aromatic heterocycles. The molecular weight excluding hydrogens is 522 g/mol. The number of carbonyl (C=O) groups excluding carboxylic acids is 4. The molecule has 0 spiro atoms. The van der Waals surface area contributed by atoms with Gasteiger partial charge < -0.3 is 30.0 Å². The molecule has 0 saturated carbocycles. The van der Waals surface area contributed by atoms with Crippen LogP contribution in [-0.2, 0) is 41.6 Å². The van der Waals surface area contributed by atoms with Crippen LogP contribution in [0.4, 0.5) is 4.79 Å². The summed E-state index contributed by atoms with van der Waals surface area (Å²) >= 11 is 2.68. The Kier molecular flexibility index (Phi) is 8.05. The van der Waals surface area contributed by atoms with Gasteiger partial charge in [0.05, 0.1) is 13.5 Å². The van der Waals surface area contributed by atoms with Crippen LogP contribution in [0.15, 0.2) is 53.0 Å². The van der Waals surface area contributed by atoms with Crippen molar-refractivity contribution in [2.75, 3.05) is 26.6 Å². The molecule has 2 unspecified atom stereocenters. The van der Waals surface area contributed by atoms with Crippen molar-refractivity contribution in [1.29, 1.82) is 0 Å². The minimum Gasteiger partial charge on any atom is -0.497 e. The molecular formula is C24H25N3O8S2. The molecule has 196 valence electrons. The summed E-state index contributed by atoms with van der Waals surface area (Å²) in [5.74, 6) is -0.958. The first-order valence-electron chi connectivity index (χ1n) is 11.1. The first kappa shape index (κ1) is 26.5. The number of β-lactam (4-membered cyclic amide) rings is 1. The number of thiophene rings is 1. The van der Waals surface area contributed by atoms with Crippen LogP contribution in [-0.4, -0.2) is 66.5 Å². The first-order chi connectivity index (χ1) is 17.8. The summed E-state index contributed by atoms with van der Waals surface area (Å²) in [5.41, 5.74) is 4.43. The van der Waals surface area contributed by atoms with E-state index in [1.165, 1.54) is 35.1 Å². The Morgan fingerprint density at radius 3 is 2.51 bits per heavy atom. The number of ether oxygens (including phenoxy) is 4. The number of thioether (sulfide) groups is 1. The summed E-state index contributed by atoms with van der Waals surface area (Å²) in [7, 11) is 2.86. The van der Waals surface area contributed by atoms with Gasteiger partial charge in [0.1, 0.15) is 30.0 Å². The Morgan fingerprint density at radius 1 is 1.14 bits per heavy atom. The highest BCUT2D eigenvalue weighted by molar-refractivity contribution is 8.00. The fraction of sp³-hybridized carbons (Fsp3) is 0.333. The van der Waals surface area contributed by atoms with E-state index in [-0.39, 0.29) is 31.1 Å². The molecule has 2 aliphatic heterocycles. The molecule has 0 radical (unpaired) electrons. The number of benzene rings is 1. The van der Waals surface area contributed by atoms with Crippen molar-refractivity contribution in [3.05, 3.63) is 63.5 Å². The van der Waals surface area contributed by atoms with Gasteiger partial charge in [0.2, 0.25) is 5.91 Å². The number of nitrogens with one attached hydrogen (secondary N) is 1. The lowest BCUT2D eigenvalue weighted by atomic mass is 9.98. The zero-order valence-corrected chi connectivity index (χ0v) is 21.7. The molecule has 37 heavy (non-hydrogen) atoms. The van der Waals surface area contributed by atoms with Crippen molar-refractivity contribution in [2.24, 2.45) is 5.73 Å². The summed E-state index contributed by atoms with van der Waals surface area (Å²) < 4.78 is 21.0. The molecule has 2 aliphatic rings. The maximum atomic E-state index is 13.4. The SMILES string of the molecule is COc1ccc(COC(=O)C2=C(COC(N)=O)CSC3N2C(=O)C3(NC(=O)Cc2cccs2)OC)cc1. The second kappa shape index (κ2) is 11.2. The quantitative estimate of drug-likeness (QED) is 0.258. The summed E-state index contributed by atoms with van der Waals surface area (Å²) in [6.07, 6.45) is -0.940. The third-order valence-corrected chi connectivity index (χ3v) is 8.03. The van der Waals surface area contributed by atoms with Gasteiger partial charge in [-0.25, -0.2) is 9.59 Å². The second-order valence-electron chi connectivity index (χ2n) is 8.07. The van der Waals surface area contributed by atoms with Crippen LogP contribution in [0.2, 0.25) is 0 Å². The van der Waals surface area contributed by atoms with E-state index in [0.717, 1.165) is 4.88 Å². The Bertz CT molecular complexity index is 1220. The van der Waals surface area contributed by atoms with E-state index in [1.807, 2.05) is 17.5 Å². The average Bonchev–Trinajstić information content (AvgIpc) is 3.41. The van der Waals surface area contributed by atoms with Gasteiger partial charge in [-0.05, 0) is 29.1 Å².